The highest BCUT2D eigenvalue weighted by Crippen LogP contribution is 2.34. The molecule has 2 atom stereocenters. The second-order valence-electron chi connectivity index (χ2n) is 7.34. The Morgan fingerprint density at radius 1 is 1.04 bits per heavy atom. The second-order valence-corrected chi connectivity index (χ2v) is 7.34. The van der Waals surface area contributed by atoms with Gasteiger partial charge in [0.1, 0.15) is 0 Å². The molecule has 2 amide bonds. The summed E-state index contributed by atoms with van der Waals surface area (Å²) in [5.74, 6) is -0.133. The van der Waals surface area contributed by atoms with E-state index in [1.165, 1.54) is 5.56 Å². The minimum absolute atomic E-state index is 0.00318. The number of hydrogen-bond donors (Lipinski definition) is 1. The molecule has 2 aromatic carbocycles. The van der Waals surface area contributed by atoms with Crippen LogP contribution in [0, 0.1) is 12.8 Å². The van der Waals surface area contributed by atoms with E-state index < -0.39 is 0 Å². The molecule has 1 N–H and O–H groups in total. The molecule has 0 aliphatic carbocycles. The fourth-order valence-electron chi connectivity index (χ4n) is 3.67. The molecule has 2 aromatic rings. The van der Waals surface area contributed by atoms with Gasteiger partial charge in [-0.3, -0.25) is 9.59 Å². The summed E-state index contributed by atoms with van der Waals surface area (Å²) in [6, 6.07) is 17.6. The van der Waals surface area contributed by atoms with Crippen molar-refractivity contribution in [2.24, 2.45) is 5.92 Å². The topological polar surface area (TPSA) is 49.4 Å². The summed E-state index contributed by atoms with van der Waals surface area (Å²) in [6.07, 6.45) is 2.02. The van der Waals surface area contributed by atoms with Crippen LogP contribution in [0.3, 0.4) is 0 Å². The van der Waals surface area contributed by atoms with Crippen molar-refractivity contribution in [3.63, 3.8) is 0 Å². The fourth-order valence-corrected chi connectivity index (χ4v) is 3.67. The molecular formula is C23H28N2O2. The summed E-state index contributed by atoms with van der Waals surface area (Å²) < 4.78 is 0. The maximum absolute atomic E-state index is 12.9. The molecule has 1 heterocycles. The van der Waals surface area contributed by atoms with Gasteiger partial charge in [-0.2, -0.15) is 0 Å². The lowest BCUT2D eigenvalue weighted by molar-refractivity contribution is -0.124. The Kier molecular flexibility index (Phi) is 6.28. The quantitative estimate of drug-likeness (QED) is 0.793. The summed E-state index contributed by atoms with van der Waals surface area (Å²) >= 11 is 0. The van der Waals surface area contributed by atoms with Crippen LogP contribution in [-0.4, -0.2) is 36.3 Å². The Bertz CT molecular complexity index is 771. The minimum atomic E-state index is -0.211. The number of carbonyl (C=O) groups is 2. The van der Waals surface area contributed by atoms with Crippen LogP contribution in [0.5, 0.6) is 0 Å². The van der Waals surface area contributed by atoms with E-state index in [2.05, 4.69) is 43.4 Å². The lowest BCUT2D eigenvalue weighted by Crippen LogP contribution is -2.36. The van der Waals surface area contributed by atoms with Gasteiger partial charge in [0.15, 0.2) is 0 Å². The maximum atomic E-state index is 12.9. The van der Waals surface area contributed by atoms with Crippen LogP contribution >= 0.6 is 0 Å². The number of nitrogens with one attached hydrogen (secondary N) is 1. The Hall–Kier alpha value is -2.62. The second kappa shape index (κ2) is 8.85. The van der Waals surface area contributed by atoms with E-state index in [1.54, 1.807) is 0 Å². The van der Waals surface area contributed by atoms with E-state index in [4.69, 9.17) is 0 Å². The van der Waals surface area contributed by atoms with E-state index >= 15 is 0 Å². The summed E-state index contributed by atoms with van der Waals surface area (Å²) in [6.45, 7) is 5.89. The van der Waals surface area contributed by atoms with E-state index in [9.17, 15) is 9.59 Å². The summed E-state index contributed by atoms with van der Waals surface area (Å²) in [7, 11) is 0. The molecule has 4 heteroatoms. The smallest absolute Gasteiger partial charge is 0.253 e. The third kappa shape index (κ3) is 4.57. The Morgan fingerprint density at radius 2 is 1.74 bits per heavy atom. The molecule has 0 bridgehead atoms. The van der Waals surface area contributed by atoms with Gasteiger partial charge >= 0.3 is 0 Å². The number of likely N-dealkylation sites (tertiary alicyclic amines) is 1. The van der Waals surface area contributed by atoms with Crippen molar-refractivity contribution in [3.05, 3.63) is 71.3 Å². The first-order chi connectivity index (χ1) is 13.1. The van der Waals surface area contributed by atoms with E-state index in [1.807, 2.05) is 35.2 Å². The number of hydrogen-bond acceptors (Lipinski definition) is 2. The van der Waals surface area contributed by atoms with Crippen molar-refractivity contribution in [1.82, 2.24) is 10.2 Å². The van der Waals surface area contributed by atoms with Gasteiger partial charge in [0, 0.05) is 31.1 Å². The van der Waals surface area contributed by atoms with Gasteiger partial charge in [-0.05, 0) is 31.0 Å². The lowest BCUT2D eigenvalue weighted by atomic mass is 9.88. The highest BCUT2D eigenvalue weighted by molar-refractivity contribution is 5.95. The molecule has 3 rings (SSSR count). The first-order valence-electron chi connectivity index (χ1n) is 9.78. The van der Waals surface area contributed by atoms with Gasteiger partial charge in [0.05, 0.1) is 5.92 Å². The van der Waals surface area contributed by atoms with Gasteiger partial charge in [-0.1, -0.05) is 61.4 Å². The van der Waals surface area contributed by atoms with Crippen molar-refractivity contribution in [1.29, 1.82) is 0 Å². The summed E-state index contributed by atoms with van der Waals surface area (Å²) in [5.41, 5.74) is 2.99. The Morgan fingerprint density at radius 3 is 2.41 bits per heavy atom. The van der Waals surface area contributed by atoms with Crippen molar-refractivity contribution >= 4 is 11.8 Å². The van der Waals surface area contributed by atoms with Gasteiger partial charge in [-0.15, -0.1) is 0 Å². The zero-order valence-electron chi connectivity index (χ0n) is 16.2. The highest BCUT2D eigenvalue weighted by atomic mass is 16.2. The van der Waals surface area contributed by atoms with E-state index in [-0.39, 0.29) is 23.7 Å². The summed E-state index contributed by atoms with van der Waals surface area (Å²) in [4.78, 5) is 27.6. The minimum Gasteiger partial charge on any atom is -0.356 e. The van der Waals surface area contributed by atoms with Crippen LogP contribution < -0.4 is 5.32 Å². The van der Waals surface area contributed by atoms with Crippen molar-refractivity contribution in [2.45, 2.75) is 32.6 Å². The molecular weight excluding hydrogens is 336 g/mol. The van der Waals surface area contributed by atoms with Crippen LogP contribution in [-0.2, 0) is 4.79 Å². The molecule has 0 radical (unpaired) electrons. The number of benzene rings is 2. The number of aryl methyl sites for hydroxylation is 1. The molecule has 0 aromatic heterocycles. The fraction of sp³-hybridized carbons (Fsp3) is 0.391. The predicted molar refractivity (Wildman–Crippen MR) is 108 cm³/mol. The molecule has 1 fully saturated rings. The number of unbranched alkanes of at least 4 members (excludes halogenated alkanes) is 1. The van der Waals surface area contributed by atoms with Crippen molar-refractivity contribution < 1.29 is 9.59 Å². The van der Waals surface area contributed by atoms with Crippen LogP contribution in [0.25, 0.3) is 0 Å². The first-order valence-corrected chi connectivity index (χ1v) is 9.78. The molecule has 142 valence electrons. The number of amides is 2. The zero-order chi connectivity index (χ0) is 19.2. The standard InChI is InChI=1S/C23H28N2O2/c1-3-4-14-24-22(26)21-16-25(23(27)19-8-6-5-7-9-19)15-20(21)18-12-10-17(2)11-13-18/h5-13,20-21H,3-4,14-16H2,1-2H3,(H,24,26)/t20-,21-/m0/s1. The van der Waals surface area contributed by atoms with E-state index in [0.717, 1.165) is 18.4 Å². The largest absolute Gasteiger partial charge is 0.356 e. The third-order valence-corrected chi connectivity index (χ3v) is 5.30. The molecule has 0 saturated carbocycles. The molecule has 4 nitrogen and oxygen atoms in total. The van der Waals surface area contributed by atoms with Crippen molar-refractivity contribution in [3.8, 4) is 0 Å². The predicted octanol–water partition coefficient (Wildman–Crippen LogP) is 3.77. The first kappa shape index (κ1) is 19.2. The molecule has 0 spiro atoms. The van der Waals surface area contributed by atoms with Gasteiger partial charge in [0.2, 0.25) is 5.91 Å². The lowest BCUT2D eigenvalue weighted by Gasteiger charge is -2.18. The highest BCUT2D eigenvalue weighted by Gasteiger charge is 2.40. The maximum Gasteiger partial charge on any atom is 0.253 e. The molecule has 27 heavy (non-hydrogen) atoms. The van der Waals surface area contributed by atoms with Crippen molar-refractivity contribution in [2.75, 3.05) is 19.6 Å². The Labute approximate surface area is 161 Å². The number of nitrogens with zero attached hydrogens (tertiary/aromatic N) is 1. The number of carbonyl (C=O) groups excluding carboxylic acids is 2. The number of rotatable bonds is 6. The van der Waals surface area contributed by atoms with Gasteiger partial charge in [0.25, 0.3) is 5.91 Å². The van der Waals surface area contributed by atoms with Crippen LogP contribution in [0.2, 0.25) is 0 Å². The monoisotopic (exact) mass is 364 g/mol. The zero-order valence-corrected chi connectivity index (χ0v) is 16.2. The SMILES string of the molecule is CCCCNC(=O)[C@H]1CN(C(=O)c2ccccc2)C[C@H]1c1ccc(C)cc1. The Balaban J connectivity index is 1.80. The molecule has 0 unspecified atom stereocenters. The molecule has 1 saturated heterocycles. The van der Waals surface area contributed by atoms with E-state index in [0.29, 0.717) is 25.2 Å². The average Bonchev–Trinajstić information content (AvgIpc) is 3.14. The normalized spacial score (nSPS) is 19.1. The van der Waals surface area contributed by atoms with Crippen LogP contribution in [0.4, 0.5) is 0 Å². The van der Waals surface area contributed by atoms with Crippen LogP contribution in [0.1, 0.15) is 47.2 Å². The van der Waals surface area contributed by atoms with Crippen LogP contribution in [0.15, 0.2) is 54.6 Å². The van der Waals surface area contributed by atoms with Gasteiger partial charge in [-0.25, -0.2) is 0 Å². The third-order valence-electron chi connectivity index (χ3n) is 5.30. The molecule has 1 aliphatic heterocycles. The van der Waals surface area contributed by atoms with Gasteiger partial charge < -0.3 is 10.2 Å². The summed E-state index contributed by atoms with van der Waals surface area (Å²) in [5, 5.41) is 3.06. The molecule has 1 aliphatic rings. The average molecular weight is 364 g/mol.